The minimum absolute atomic E-state index is 0.0253. The molecule has 1 spiro atoms. The van der Waals surface area contributed by atoms with Gasteiger partial charge in [-0.1, -0.05) is 158 Å². The molecule has 0 saturated carbocycles. The van der Waals surface area contributed by atoms with Crippen LogP contribution in [0.5, 0.6) is 0 Å². The van der Waals surface area contributed by atoms with Crippen molar-refractivity contribution in [3.63, 3.8) is 0 Å². The van der Waals surface area contributed by atoms with Crippen molar-refractivity contribution in [1.29, 1.82) is 0 Å². The van der Waals surface area contributed by atoms with Gasteiger partial charge in [-0.25, -0.2) is 0 Å². The highest BCUT2D eigenvalue weighted by molar-refractivity contribution is 6.23. The third-order valence-corrected chi connectivity index (χ3v) is 12.0. The highest BCUT2D eigenvalue weighted by Gasteiger charge is 2.52. The van der Waals surface area contributed by atoms with E-state index in [-0.39, 0.29) is 5.56 Å². The minimum Gasteiger partial charge on any atom is -0.274 e. The maximum absolute atomic E-state index is 15.0. The van der Waals surface area contributed by atoms with Crippen molar-refractivity contribution in [3.05, 3.63) is 209 Å². The Bertz CT molecular complexity index is 3160. The van der Waals surface area contributed by atoms with Crippen LogP contribution in [-0.4, -0.2) is 4.40 Å². The molecule has 0 N–H and O–H groups in total. The number of aromatic nitrogens is 1. The van der Waals surface area contributed by atoms with Crippen LogP contribution in [0.3, 0.4) is 0 Å². The molecule has 0 aliphatic heterocycles. The van der Waals surface area contributed by atoms with Crippen LogP contribution in [0.2, 0.25) is 0 Å². The molecule has 0 amide bonds. The third kappa shape index (κ3) is 3.33. The Hall–Kier alpha value is -6.77. The van der Waals surface area contributed by atoms with E-state index in [9.17, 15) is 0 Å². The fraction of sp³-hybridized carbons (Fsp3) is 0.0200. The molecule has 2 aliphatic carbocycles. The molecule has 240 valence electrons. The number of benzene rings is 8. The number of fused-ring (bicyclic) bond motifs is 16. The van der Waals surface area contributed by atoms with E-state index in [0.29, 0.717) is 0 Å². The lowest BCUT2D eigenvalue weighted by Gasteiger charge is -2.30. The van der Waals surface area contributed by atoms with E-state index >= 15 is 4.79 Å². The molecule has 0 bridgehead atoms. The Morgan fingerprint density at radius 1 is 0.346 bits per heavy atom. The molecule has 2 aromatic heterocycles. The Labute approximate surface area is 299 Å². The minimum atomic E-state index is -0.467. The second-order valence-corrected chi connectivity index (χ2v) is 14.3. The topological polar surface area (TPSA) is 21.5 Å². The fourth-order valence-electron chi connectivity index (χ4n) is 9.91. The average Bonchev–Trinajstić information content (AvgIpc) is 3.83. The van der Waals surface area contributed by atoms with Crippen LogP contribution in [0.15, 0.2) is 181 Å². The summed E-state index contributed by atoms with van der Waals surface area (Å²) in [6.07, 6.45) is 0. The molecule has 8 aromatic carbocycles. The zero-order valence-electron chi connectivity index (χ0n) is 28.1. The van der Waals surface area contributed by atoms with Gasteiger partial charge in [-0.2, -0.15) is 0 Å². The Kier molecular flexibility index (Phi) is 5.34. The van der Waals surface area contributed by atoms with Gasteiger partial charge in [0.1, 0.15) is 0 Å². The van der Waals surface area contributed by atoms with Crippen molar-refractivity contribution in [1.82, 2.24) is 4.40 Å². The maximum Gasteiger partial charge on any atom is 0.263 e. The van der Waals surface area contributed by atoms with Gasteiger partial charge in [0.25, 0.3) is 5.56 Å². The van der Waals surface area contributed by atoms with E-state index in [1.165, 1.54) is 50.1 Å². The van der Waals surface area contributed by atoms with Crippen molar-refractivity contribution in [2.24, 2.45) is 0 Å². The number of pyridine rings is 1. The molecule has 0 saturated heterocycles. The Morgan fingerprint density at radius 3 is 1.60 bits per heavy atom. The first kappa shape index (κ1) is 28.0. The van der Waals surface area contributed by atoms with Gasteiger partial charge in [0.15, 0.2) is 0 Å². The zero-order valence-corrected chi connectivity index (χ0v) is 28.1. The lowest BCUT2D eigenvalue weighted by Crippen LogP contribution is -2.25. The van der Waals surface area contributed by atoms with Crippen LogP contribution in [-0.2, 0) is 5.41 Å². The molecular formula is C50H29NO. The standard InChI is InChI=1S/C50H29NO/c52-49-39-25-24-33(32-15-10-14-31(28-32)30-12-2-1-3-13-30)29-41(39)37-20-11-19-36-38-26-27-45-46(48(38)51(49)47(36)37)40-18-6-9-23-44(40)50(45)42-21-7-4-16-34(42)35-17-5-8-22-43(35)50/h1-29H. The molecule has 2 aliphatic rings. The van der Waals surface area contributed by atoms with Crippen LogP contribution < -0.4 is 5.56 Å². The normalized spacial score (nSPS) is 13.6. The molecule has 2 heteroatoms. The number of rotatable bonds is 2. The van der Waals surface area contributed by atoms with E-state index < -0.39 is 5.41 Å². The fourth-order valence-corrected chi connectivity index (χ4v) is 9.91. The Morgan fingerprint density at radius 2 is 0.865 bits per heavy atom. The molecule has 10 aromatic rings. The average molecular weight is 660 g/mol. The van der Waals surface area contributed by atoms with Gasteiger partial charge in [-0.15, -0.1) is 0 Å². The van der Waals surface area contributed by atoms with Gasteiger partial charge in [0.05, 0.1) is 16.4 Å². The third-order valence-electron chi connectivity index (χ3n) is 12.0. The highest BCUT2D eigenvalue weighted by atomic mass is 16.1. The summed E-state index contributed by atoms with van der Waals surface area (Å²) < 4.78 is 2.04. The van der Waals surface area contributed by atoms with Gasteiger partial charge in [-0.05, 0) is 84.8 Å². The summed E-state index contributed by atoms with van der Waals surface area (Å²) in [5, 5.41) is 5.03. The molecule has 52 heavy (non-hydrogen) atoms. The molecule has 2 heterocycles. The second-order valence-electron chi connectivity index (χ2n) is 14.3. The number of hydrogen-bond donors (Lipinski definition) is 0. The zero-order chi connectivity index (χ0) is 34.1. The SMILES string of the molecule is O=c1c2ccc(-c3cccc(-c4ccccc4)c3)cc2c2cccc3c4ccc5c(c4n1c23)-c1ccccc1C51c2ccccc2-c2ccccc21. The van der Waals surface area contributed by atoms with Crippen molar-refractivity contribution in [3.8, 4) is 44.5 Å². The van der Waals surface area contributed by atoms with Gasteiger partial charge < -0.3 is 0 Å². The Balaban J connectivity index is 1.18. The largest absolute Gasteiger partial charge is 0.274 e. The van der Waals surface area contributed by atoms with E-state index in [4.69, 9.17) is 0 Å². The van der Waals surface area contributed by atoms with Crippen LogP contribution >= 0.6 is 0 Å². The lowest BCUT2D eigenvalue weighted by molar-refractivity contribution is 0.794. The van der Waals surface area contributed by atoms with E-state index in [0.717, 1.165) is 54.7 Å². The summed E-state index contributed by atoms with van der Waals surface area (Å²) in [7, 11) is 0. The number of nitrogens with zero attached hydrogens (tertiary/aromatic N) is 1. The molecule has 2 nitrogen and oxygen atoms in total. The summed E-state index contributed by atoms with van der Waals surface area (Å²) >= 11 is 0. The van der Waals surface area contributed by atoms with Gasteiger partial charge in [0, 0.05) is 27.1 Å². The molecular weight excluding hydrogens is 631 g/mol. The number of para-hydroxylation sites is 1. The van der Waals surface area contributed by atoms with Gasteiger partial charge >= 0.3 is 0 Å². The lowest BCUT2D eigenvalue weighted by atomic mass is 9.70. The highest BCUT2D eigenvalue weighted by Crippen LogP contribution is 2.64. The smallest absolute Gasteiger partial charge is 0.263 e. The van der Waals surface area contributed by atoms with Gasteiger partial charge in [-0.3, -0.25) is 9.20 Å². The second kappa shape index (κ2) is 9.93. The quantitative estimate of drug-likeness (QED) is 0.169. The summed E-state index contributed by atoms with van der Waals surface area (Å²) in [6.45, 7) is 0. The summed E-state index contributed by atoms with van der Waals surface area (Å²) in [6, 6.07) is 63.3. The van der Waals surface area contributed by atoms with Crippen LogP contribution in [0.25, 0.3) is 82.5 Å². The van der Waals surface area contributed by atoms with Crippen LogP contribution in [0, 0.1) is 0 Å². The molecule has 0 fully saturated rings. The summed E-state index contributed by atoms with van der Waals surface area (Å²) in [4.78, 5) is 15.0. The van der Waals surface area contributed by atoms with Crippen LogP contribution in [0.1, 0.15) is 22.3 Å². The summed E-state index contributed by atoms with van der Waals surface area (Å²) in [5.41, 5.74) is 16.2. The van der Waals surface area contributed by atoms with Gasteiger partial charge in [0.2, 0.25) is 0 Å². The van der Waals surface area contributed by atoms with Crippen LogP contribution in [0.4, 0.5) is 0 Å². The van der Waals surface area contributed by atoms with Crippen molar-refractivity contribution in [2.75, 3.05) is 0 Å². The molecule has 12 rings (SSSR count). The molecule has 0 unspecified atom stereocenters. The first-order valence-corrected chi connectivity index (χ1v) is 18.0. The molecule has 0 radical (unpaired) electrons. The first-order valence-electron chi connectivity index (χ1n) is 18.0. The predicted octanol–water partition coefficient (Wildman–Crippen LogP) is 11.9. The summed E-state index contributed by atoms with van der Waals surface area (Å²) in [5.74, 6) is 0. The van der Waals surface area contributed by atoms with E-state index in [2.05, 4.69) is 164 Å². The predicted molar refractivity (Wildman–Crippen MR) is 215 cm³/mol. The monoisotopic (exact) mass is 659 g/mol. The first-order chi connectivity index (χ1) is 25.7. The maximum atomic E-state index is 15.0. The van der Waals surface area contributed by atoms with Crippen molar-refractivity contribution < 1.29 is 0 Å². The van der Waals surface area contributed by atoms with Crippen molar-refractivity contribution >= 4 is 38.0 Å². The van der Waals surface area contributed by atoms with Crippen molar-refractivity contribution in [2.45, 2.75) is 5.41 Å². The molecule has 0 atom stereocenters. The number of hydrogen-bond acceptors (Lipinski definition) is 1. The van der Waals surface area contributed by atoms with E-state index in [1.54, 1.807) is 0 Å². The van der Waals surface area contributed by atoms with E-state index in [1.807, 2.05) is 16.5 Å².